The number of benzene rings is 1. The molecule has 4 rings (SSSR count). The highest BCUT2D eigenvalue weighted by Gasteiger charge is 2.79. The van der Waals surface area contributed by atoms with Gasteiger partial charge in [-0.15, -0.1) is 13.2 Å². The molecule has 2 unspecified atom stereocenters. The van der Waals surface area contributed by atoms with Crippen molar-refractivity contribution in [2.24, 2.45) is 11.8 Å². The Labute approximate surface area is 249 Å². The number of rotatable bonds is 17. The number of amides is 2. The molecule has 0 saturated carbocycles. The van der Waals surface area contributed by atoms with Gasteiger partial charge in [-0.25, -0.2) is 0 Å². The monoisotopic (exact) mass is 582 g/mol. The first-order valence-electron chi connectivity index (χ1n) is 15.3. The molecule has 3 heterocycles. The lowest BCUT2D eigenvalue weighted by atomic mass is 9.65. The second-order valence-corrected chi connectivity index (χ2v) is 11.5. The fraction of sp³-hybridized carbons (Fsp3) is 0.606. The number of likely N-dealkylation sites (tertiary alicyclic amines) is 1. The average Bonchev–Trinajstić information content (AvgIpc) is 3.61. The number of carbonyl (C=O) groups is 3. The lowest BCUT2D eigenvalue weighted by molar-refractivity contribution is -0.161. The summed E-state index contributed by atoms with van der Waals surface area (Å²) in [4.78, 5) is 45.9. The second kappa shape index (κ2) is 13.9. The van der Waals surface area contributed by atoms with Crippen molar-refractivity contribution in [3.8, 4) is 5.75 Å². The van der Waals surface area contributed by atoms with Crippen LogP contribution in [0, 0.1) is 11.8 Å². The summed E-state index contributed by atoms with van der Waals surface area (Å²) >= 11 is 0. The van der Waals surface area contributed by atoms with Crippen LogP contribution in [0.3, 0.4) is 0 Å². The van der Waals surface area contributed by atoms with Crippen molar-refractivity contribution in [2.75, 3.05) is 38.3 Å². The molecule has 0 aromatic heterocycles. The molecule has 230 valence electrons. The molecule has 2 amide bonds. The van der Waals surface area contributed by atoms with Crippen LogP contribution in [-0.2, 0) is 23.9 Å². The zero-order valence-corrected chi connectivity index (χ0v) is 25.1. The van der Waals surface area contributed by atoms with Gasteiger partial charge in [0.1, 0.15) is 23.3 Å². The summed E-state index contributed by atoms with van der Waals surface area (Å²) in [7, 11) is 1.59. The van der Waals surface area contributed by atoms with Crippen molar-refractivity contribution in [1.82, 2.24) is 4.90 Å². The number of unbranched alkanes of at least 4 members (excludes halogenated alkanes) is 4. The molecular formula is C33H46N2O7. The number of hydrogen-bond acceptors (Lipinski definition) is 7. The molecule has 3 aliphatic rings. The summed E-state index contributed by atoms with van der Waals surface area (Å²) in [5.41, 5.74) is -1.30. The molecule has 1 spiro atoms. The van der Waals surface area contributed by atoms with Crippen molar-refractivity contribution < 1.29 is 33.7 Å². The van der Waals surface area contributed by atoms with E-state index in [1.165, 1.54) is 0 Å². The predicted molar refractivity (Wildman–Crippen MR) is 160 cm³/mol. The Morgan fingerprint density at radius 1 is 1.12 bits per heavy atom. The van der Waals surface area contributed by atoms with Gasteiger partial charge in [0.15, 0.2) is 0 Å². The lowest BCUT2D eigenvalue weighted by Crippen LogP contribution is -2.56. The van der Waals surface area contributed by atoms with E-state index in [1.54, 1.807) is 41.2 Å². The fourth-order valence-electron chi connectivity index (χ4n) is 7.20. The molecule has 1 aromatic rings. The van der Waals surface area contributed by atoms with Gasteiger partial charge in [-0.05, 0) is 69.2 Å². The van der Waals surface area contributed by atoms with Gasteiger partial charge in [-0.1, -0.05) is 31.9 Å². The van der Waals surface area contributed by atoms with E-state index in [-0.39, 0.29) is 31.6 Å². The number of carbonyl (C=O) groups excluding carboxylic acids is 3. The maximum Gasteiger partial charge on any atom is 0.312 e. The van der Waals surface area contributed by atoms with E-state index in [1.807, 2.05) is 19.1 Å². The van der Waals surface area contributed by atoms with E-state index in [9.17, 15) is 19.5 Å². The van der Waals surface area contributed by atoms with Crippen LogP contribution in [0.1, 0.15) is 64.7 Å². The molecule has 42 heavy (non-hydrogen) atoms. The number of aliphatic hydroxyl groups is 1. The maximum atomic E-state index is 14.6. The summed E-state index contributed by atoms with van der Waals surface area (Å²) < 4.78 is 17.9. The van der Waals surface area contributed by atoms with Gasteiger partial charge in [0.25, 0.3) is 5.91 Å². The van der Waals surface area contributed by atoms with Gasteiger partial charge in [0.05, 0.1) is 25.2 Å². The van der Waals surface area contributed by atoms with Crippen molar-refractivity contribution in [1.29, 1.82) is 0 Å². The van der Waals surface area contributed by atoms with Gasteiger partial charge in [0.2, 0.25) is 5.91 Å². The van der Waals surface area contributed by atoms with Gasteiger partial charge in [0, 0.05) is 25.4 Å². The highest BCUT2D eigenvalue weighted by atomic mass is 16.6. The zero-order chi connectivity index (χ0) is 30.3. The molecule has 9 heteroatoms. The van der Waals surface area contributed by atoms with Crippen LogP contribution in [0.4, 0.5) is 5.69 Å². The van der Waals surface area contributed by atoms with E-state index in [0.717, 1.165) is 19.3 Å². The highest BCUT2D eigenvalue weighted by Crippen LogP contribution is 2.64. The minimum atomic E-state index is -1.12. The third kappa shape index (κ3) is 5.73. The van der Waals surface area contributed by atoms with Crippen molar-refractivity contribution in [2.45, 2.75) is 82.0 Å². The third-order valence-electron chi connectivity index (χ3n) is 9.23. The molecule has 2 bridgehead atoms. The van der Waals surface area contributed by atoms with E-state index < -0.39 is 35.0 Å². The van der Waals surface area contributed by atoms with Gasteiger partial charge >= 0.3 is 5.97 Å². The first-order chi connectivity index (χ1) is 20.3. The van der Waals surface area contributed by atoms with Crippen LogP contribution in [-0.4, -0.2) is 78.4 Å². The minimum absolute atomic E-state index is 0.122. The Morgan fingerprint density at radius 2 is 1.86 bits per heavy atom. The number of aliphatic hydroxyl groups excluding tert-OH is 1. The number of fused-ring (bicyclic) bond motifs is 1. The molecule has 1 aromatic carbocycles. The predicted octanol–water partition coefficient (Wildman–Crippen LogP) is 4.43. The first-order valence-corrected chi connectivity index (χ1v) is 15.3. The molecule has 9 nitrogen and oxygen atoms in total. The number of esters is 1. The minimum Gasteiger partial charge on any atom is -0.497 e. The summed E-state index contributed by atoms with van der Waals surface area (Å²) in [6.45, 7) is 10.6. The Hall–Kier alpha value is -3.17. The number of methoxy groups -OCH3 is 1. The Kier molecular flexibility index (Phi) is 10.5. The maximum absolute atomic E-state index is 14.6. The van der Waals surface area contributed by atoms with Gasteiger partial charge in [-0.2, -0.15) is 0 Å². The van der Waals surface area contributed by atoms with E-state index in [4.69, 9.17) is 14.2 Å². The summed E-state index contributed by atoms with van der Waals surface area (Å²) in [5, 5.41) is 9.19. The third-order valence-corrected chi connectivity index (χ3v) is 9.23. The Bertz CT molecular complexity index is 1140. The first kappa shape index (κ1) is 31.8. The average molecular weight is 583 g/mol. The summed E-state index contributed by atoms with van der Waals surface area (Å²) in [6, 6.07) is 6.33. The number of ether oxygens (including phenoxy) is 3. The Balaban J connectivity index is 1.71. The van der Waals surface area contributed by atoms with Crippen molar-refractivity contribution in [3.05, 3.63) is 49.6 Å². The fourth-order valence-corrected chi connectivity index (χ4v) is 7.20. The molecule has 1 N–H and O–H groups in total. The van der Waals surface area contributed by atoms with Crippen LogP contribution in [0.2, 0.25) is 0 Å². The van der Waals surface area contributed by atoms with Crippen LogP contribution in [0.25, 0.3) is 0 Å². The summed E-state index contributed by atoms with van der Waals surface area (Å²) in [5.74, 6) is -1.78. The van der Waals surface area contributed by atoms with E-state index in [2.05, 4.69) is 13.2 Å². The largest absolute Gasteiger partial charge is 0.497 e. The molecule has 3 saturated heterocycles. The summed E-state index contributed by atoms with van der Waals surface area (Å²) in [6.07, 6.45) is 9.48. The molecule has 0 radical (unpaired) electrons. The molecular weight excluding hydrogens is 536 g/mol. The zero-order valence-electron chi connectivity index (χ0n) is 25.1. The number of allylic oxidation sites excluding steroid dienone is 1. The second-order valence-electron chi connectivity index (χ2n) is 11.5. The SMILES string of the molecule is C=CCCCOC(=O)[C@H]1[C@H]2C(=O)N(CCCCCCO)C(C(=O)N(CC=C)c3ccc(OC)cc3)C23CC[C@]1(CC)O3. The lowest BCUT2D eigenvalue weighted by Gasteiger charge is -2.37. The van der Waals surface area contributed by atoms with Crippen LogP contribution in [0.15, 0.2) is 49.6 Å². The van der Waals surface area contributed by atoms with E-state index >= 15 is 0 Å². The Morgan fingerprint density at radius 3 is 2.50 bits per heavy atom. The van der Waals surface area contributed by atoms with Crippen LogP contribution in [0.5, 0.6) is 5.75 Å². The van der Waals surface area contributed by atoms with E-state index in [0.29, 0.717) is 56.5 Å². The topological polar surface area (TPSA) is 106 Å². The quantitative estimate of drug-likeness (QED) is 0.165. The molecule has 3 aliphatic heterocycles. The van der Waals surface area contributed by atoms with Gasteiger partial charge in [-0.3, -0.25) is 14.4 Å². The molecule has 3 fully saturated rings. The normalized spacial score (nSPS) is 27.5. The molecule has 0 aliphatic carbocycles. The van der Waals surface area contributed by atoms with Crippen LogP contribution >= 0.6 is 0 Å². The highest BCUT2D eigenvalue weighted by molar-refractivity contribution is 6.04. The number of nitrogens with zero attached hydrogens (tertiary/aromatic N) is 2. The van der Waals surface area contributed by atoms with Crippen LogP contribution < -0.4 is 9.64 Å². The van der Waals surface area contributed by atoms with Gasteiger partial charge < -0.3 is 29.1 Å². The number of anilines is 1. The van der Waals surface area contributed by atoms with Crippen molar-refractivity contribution in [3.63, 3.8) is 0 Å². The number of hydrogen-bond donors (Lipinski definition) is 1. The molecule has 5 atom stereocenters. The van der Waals surface area contributed by atoms with Crippen molar-refractivity contribution >= 4 is 23.5 Å². The smallest absolute Gasteiger partial charge is 0.312 e. The standard InChI is InChI=1S/C33H46N2O7/c1-5-8-13-23-41-31(39)27-26-29(37)35(21-11-9-10-12-22-36)28(33(26)19-18-32(27,7-3)42-33)30(38)34(20-6-2)24-14-16-25(40-4)17-15-24/h5-6,14-17,26-28,36H,1-2,7-13,18-23H2,3-4H3/t26-,27+,28?,32-,33?/m0/s1.